The van der Waals surface area contributed by atoms with Gasteiger partial charge >= 0.3 is 0 Å². The summed E-state index contributed by atoms with van der Waals surface area (Å²) in [6, 6.07) is 3.88. The average Bonchev–Trinajstić information content (AvgIpc) is 3.38. The molecule has 2 aliphatic rings. The minimum atomic E-state index is -3.69. The quantitative estimate of drug-likeness (QED) is 0.500. The van der Waals surface area contributed by atoms with Gasteiger partial charge in [-0.1, -0.05) is 6.07 Å². The summed E-state index contributed by atoms with van der Waals surface area (Å²) in [6.45, 7) is 0.0316. The summed E-state index contributed by atoms with van der Waals surface area (Å²) >= 11 is 0. The molecule has 1 saturated heterocycles. The largest absolute Gasteiger partial charge is 0.501 e. The van der Waals surface area contributed by atoms with Gasteiger partial charge in [-0.15, -0.1) is 0 Å². The zero-order chi connectivity index (χ0) is 24.8. The zero-order valence-corrected chi connectivity index (χ0v) is 19.2. The Labute approximate surface area is 198 Å². The van der Waals surface area contributed by atoms with E-state index in [2.05, 4.69) is 20.4 Å². The third-order valence-electron chi connectivity index (χ3n) is 6.40. The summed E-state index contributed by atoms with van der Waals surface area (Å²) < 4.78 is 46.3. The van der Waals surface area contributed by atoms with E-state index >= 15 is 0 Å². The van der Waals surface area contributed by atoms with Crippen molar-refractivity contribution in [2.45, 2.75) is 30.7 Å². The molecule has 2 aliphatic heterocycles. The van der Waals surface area contributed by atoms with Gasteiger partial charge in [-0.2, -0.15) is 5.10 Å². The van der Waals surface area contributed by atoms with E-state index in [0.717, 1.165) is 4.57 Å². The normalized spacial score (nSPS) is 18.2. The van der Waals surface area contributed by atoms with Crippen LogP contribution in [-0.2, 0) is 32.4 Å². The number of aromatic nitrogens is 5. The number of nitrogens with zero attached hydrogens (tertiary/aromatic N) is 5. The van der Waals surface area contributed by atoms with Gasteiger partial charge in [-0.25, -0.2) is 27.5 Å². The third kappa shape index (κ3) is 3.78. The molecule has 0 unspecified atom stereocenters. The lowest BCUT2D eigenvalue weighted by Gasteiger charge is -2.40. The Bertz CT molecular complexity index is 1460. The van der Waals surface area contributed by atoms with E-state index < -0.39 is 43.3 Å². The molecule has 14 heteroatoms. The van der Waals surface area contributed by atoms with Gasteiger partial charge in [0.2, 0.25) is 5.75 Å². The van der Waals surface area contributed by atoms with Crippen LogP contribution in [-0.4, -0.2) is 62.7 Å². The second kappa shape index (κ2) is 8.53. The highest BCUT2D eigenvalue weighted by atomic mass is 32.2. The van der Waals surface area contributed by atoms with Crippen molar-refractivity contribution in [3.8, 4) is 11.4 Å². The Kier molecular flexibility index (Phi) is 5.63. The molecule has 1 aromatic carbocycles. The van der Waals surface area contributed by atoms with Crippen LogP contribution in [0.25, 0.3) is 5.69 Å². The van der Waals surface area contributed by atoms with Crippen molar-refractivity contribution < 1.29 is 27.4 Å². The number of halogens is 1. The van der Waals surface area contributed by atoms with E-state index in [1.807, 2.05) is 0 Å². The number of benzene rings is 1. The van der Waals surface area contributed by atoms with Crippen LogP contribution in [0.5, 0.6) is 5.75 Å². The number of hydrogen-bond donors (Lipinski definition) is 2. The first-order chi connectivity index (χ1) is 16.7. The molecule has 12 nitrogen and oxygen atoms in total. The molecule has 5 rings (SSSR count). The number of sulfone groups is 1. The molecule has 2 N–H and O–H groups in total. The molecule has 1 spiro atoms. The summed E-state index contributed by atoms with van der Waals surface area (Å²) in [7, 11) is -3.69. The van der Waals surface area contributed by atoms with Crippen LogP contribution in [0.4, 0.5) is 4.39 Å². The molecule has 0 radical (unpaired) electrons. The molecular formula is C21H21FN6O6S. The lowest BCUT2D eigenvalue weighted by atomic mass is 9.97. The van der Waals surface area contributed by atoms with Gasteiger partial charge in [0, 0.05) is 26.3 Å². The van der Waals surface area contributed by atoms with Crippen LogP contribution in [0, 0.1) is 5.82 Å². The van der Waals surface area contributed by atoms with Crippen LogP contribution >= 0.6 is 0 Å². The fraction of sp³-hybridized carbons (Fsp3) is 0.381. The van der Waals surface area contributed by atoms with Crippen LogP contribution < -0.4 is 10.9 Å². The smallest absolute Gasteiger partial charge is 0.296 e. The Morgan fingerprint density at radius 1 is 1.29 bits per heavy atom. The molecule has 0 aliphatic carbocycles. The van der Waals surface area contributed by atoms with Crippen LogP contribution in [0.3, 0.4) is 0 Å². The summed E-state index contributed by atoms with van der Waals surface area (Å²) in [5, 5.41) is 17.0. The molecule has 3 aromatic rings. The predicted octanol–water partition coefficient (Wildman–Crippen LogP) is 0.0328. The van der Waals surface area contributed by atoms with Gasteiger partial charge in [-0.3, -0.25) is 14.2 Å². The molecule has 1 amide bonds. The van der Waals surface area contributed by atoms with Gasteiger partial charge < -0.3 is 15.2 Å². The average molecular weight is 505 g/mol. The molecule has 0 saturated carbocycles. The summed E-state index contributed by atoms with van der Waals surface area (Å²) in [5.41, 5.74) is -0.653. The maximum atomic E-state index is 13.8. The van der Waals surface area contributed by atoms with Gasteiger partial charge in [0.15, 0.2) is 15.5 Å². The lowest BCUT2D eigenvalue weighted by Crippen LogP contribution is -2.52. The highest BCUT2D eigenvalue weighted by molar-refractivity contribution is 7.92. The predicted molar refractivity (Wildman–Crippen MR) is 118 cm³/mol. The maximum Gasteiger partial charge on any atom is 0.296 e. The topological polar surface area (TPSA) is 158 Å². The van der Waals surface area contributed by atoms with Crippen molar-refractivity contribution in [1.82, 2.24) is 29.6 Å². The van der Waals surface area contributed by atoms with E-state index in [9.17, 15) is 27.5 Å². The summed E-state index contributed by atoms with van der Waals surface area (Å²) in [4.78, 5) is 34.0. The number of ether oxygens (including phenoxy) is 1. The Morgan fingerprint density at radius 2 is 2.06 bits per heavy atom. The van der Waals surface area contributed by atoms with Crippen LogP contribution in [0.15, 0.2) is 35.6 Å². The van der Waals surface area contributed by atoms with E-state index in [4.69, 9.17) is 4.74 Å². The highest BCUT2D eigenvalue weighted by Gasteiger charge is 2.52. The second-order valence-corrected chi connectivity index (χ2v) is 10.7. The van der Waals surface area contributed by atoms with Gasteiger partial charge in [-0.05, 0) is 30.5 Å². The molecule has 4 heterocycles. The molecule has 35 heavy (non-hydrogen) atoms. The number of carbonyl (C=O) groups is 1. The van der Waals surface area contributed by atoms with Gasteiger partial charge in [0.25, 0.3) is 11.5 Å². The van der Waals surface area contributed by atoms with Gasteiger partial charge in [0.1, 0.15) is 29.0 Å². The Morgan fingerprint density at radius 3 is 2.77 bits per heavy atom. The van der Waals surface area contributed by atoms with Crippen molar-refractivity contribution in [2.24, 2.45) is 0 Å². The molecule has 184 valence electrons. The van der Waals surface area contributed by atoms with E-state index in [-0.39, 0.29) is 50.7 Å². The van der Waals surface area contributed by atoms with Gasteiger partial charge in [0.05, 0.1) is 11.4 Å². The number of hydrogen-bond acceptors (Lipinski definition) is 9. The summed E-state index contributed by atoms with van der Waals surface area (Å²) in [5.74, 6) is -2.62. The summed E-state index contributed by atoms with van der Waals surface area (Å²) in [6.07, 6.45) is 2.82. The highest BCUT2D eigenvalue weighted by Crippen LogP contribution is 2.42. The third-order valence-corrected chi connectivity index (χ3v) is 8.90. The molecular weight excluding hydrogens is 483 g/mol. The standard InChI is InChI=1S/C21H21FN6O6S/c22-14-2-1-13(15(9-14)28-12-23-11-25-28)10-24-18(30)16-17(29)19(31)27-5-8-35(32,33)21(20(27)26-16)3-6-34-7-4-21/h1-2,9,11-12,29H,3-8,10H2,(H,24,30). The Balaban J connectivity index is 1.51. The van der Waals surface area contributed by atoms with Crippen molar-refractivity contribution in [2.75, 3.05) is 19.0 Å². The number of rotatable bonds is 4. The van der Waals surface area contributed by atoms with Crippen molar-refractivity contribution in [3.63, 3.8) is 0 Å². The zero-order valence-electron chi connectivity index (χ0n) is 18.3. The first kappa shape index (κ1) is 23.1. The first-order valence-corrected chi connectivity index (χ1v) is 12.4. The monoisotopic (exact) mass is 504 g/mol. The number of aromatic hydroxyl groups is 1. The SMILES string of the molecule is O=C(NCc1ccc(F)cc1-n1cncn1)c1nc2n(c(=O)c1O)CCS(=O)(=O)C21CCOCC1. The minimum absolute atomic E-state index is 0.0647. The fourth-order valence-corrected chi connectivity index (χ4v) is 6.57. The van der Waals surface area contributed by atoms with Crippen molar-refractivity contribution >= 4 is 15.7 Å². The lowest BCUT2D eigenvalue weighted by molar-refractivity contribution is 0.0691. The molecule has 0 bridgehead atoms. The molecule has 1 fully saturated rings. The minimum Gasteiger partial charge on any atom is -0.501 e. The maximum absolute atomic E-state index is 13.8. The number of fused-ring (bicyclic) bond motifs is 2. The number of carbonyl (C=O) groups excluding carboxylic acids is 1. The van der Waals surface area contributed by atoms with Crippen LogP contribution in [0.1, 0.15) is 34.7 Å². The Hall–Kier alpha value is -3.65. The van der Waals surface area contributed by atoms with E-state index in [1.165, 1.54) is 35.5 Å². The van der Waals surface area contributed by atoms with Crippen molar-refractivity contribution in [3.05, 3.63) is 64.1 Å². The number of nitrogens with one attached hydrogen (secondary N) is 1. The van der Waals surface area contributed by atoms with Crippen LogP contribution in [0.2, 0.25) is 0 Å². The number of amides is 1. The van der Waals surface area contributed by atoms with E-state index in [0.29, 0.717) is 11.3 Å². The molecule has 2 aromatic heterocycles. The molecule has 0 atom stereocenters. The van der Waals surface area contributed by atoms with E-state index in [1.54, 1.807) is 0 Å². The first-order valence-electron chi connectivity index (χ1n) is 10.8. The second-order valence-electron chi connectivity index (χ2n) is 8.31. The van der Waals surface area contributed by atoms with Crippen molar-refractivity contribution in [1.29, 1.82) is 0 Å². The fourth-order valence-electron chi connectivity index (χ4n) is 4.53.